The van der Waals surface area contributed by atoms with E-state index in [1.165, 1.54) is 18.1 Å². The summed E-state index contributed by atoms with van der Waals surface area (Å²) in [6, 6.07) is 10.2. The standard InChI is InChI=1S/C36H37NO11/c1-45-22-12-21-13-24(19-6-2-3-7-19)30-26(40)16-37-15-25-20(8-4-10-23(25)34(37)43)9-5-11-46-33-31(41)28(17-38)48-35(36(33,44)18-39)47-27(14-22)29(21)32(30)42/h4,8,10,12-14,19,28,31,33,35,38-39,41-42,44H,2-3,6-7,9,15-18H2,1H3/t28-,31-,33+,35-,36-/m1/s1. The van der Waals surface area contributed by atoms with Gasteiger partial charge in [0.15, 0.2) is 17.5 Å². The molecular formula is C36H37NO11. The van der Waals surface area contributed by atoms with Gasteiger partial charge in [-0.05, 0) is 59.0 Å². The van der Waals surface area contributed by atoms with E-state index in [2.05, 4.69) is 12.0 Å². The minimum atomic E-state index is -2.42. The van der Waals surface area contributed by atoms with E-state index in [0.717, 1.165) is 31.2 Å². The van der Waals surface area contributed by atoms with Crippen LogP contribution in [0.4, 0.5) is 0 Å². The molecule has 48 heavy (non-hydrogen) atoms. The quantitative estimate of drug-likeness (QED) is 0.260. The molecule has 12 nitrogen and oxygen atoms in total. The molecule has 0 aromatic heterocycles. The molecule has 1 amide bonds. The largest absolute Gasteiger partial charge is 0.506 e. The number of fused-ring (bicyclic) bond motifs is 4. The van der Waals surface area contributed by atoms with Gasteiger partial charge in [-0.15, -0.1) is 0 Å². The summed E-state index contributed by atoms with van der Waals surface area (Å²) in [6.07, 6.45) is -0.0988. The zero-order valence-corrected chi connectivity index (χ0v) is 26.3. The number of phenolic OH excluding ortho intramolecular Hbond substituents is 1. The van der Waals surface area contributed by atoms with Crippen molar-refractivity contribution in [2.75, 3.05) is 26.9 Å². The van der Waals surface area contributed by atoms with Crippen molar-refractivity contribution >= 4 is 22.5 Å². The second kappa shape index (κ2) is 12.6. The van der Waals surface area contributed by atoms with Crippen LogP contribution in [0, 0.1) is 12.0 Å². The molecule has 0 radical (unpaired) electrons. The highest BCUT2D eigenvalue weighted by Gasteiger charge is 2.58. The summed E-state index contributed by atoms with van der Waals surface area (Å²) in [4.78, 5) is 29.3. The van der Waals surface area contributed by atoms with Gasteiger partial charge in [-0.25, -0.2) is 0 Å². The number of aliphatic hydroxyl groups is 4. The van der Waals surface area contributed by atoms with Gasteiger partial charge >= 0.3 is 0 Å². The van der Waals surface area contributed by atoms with E-state index >= 15 is 0 Å². The predicted octanol–water partition coefficient (Wildman–Crippen LogP) is 2.13. The van der Waals surface area contributed by atoms with Crippen molar-refractivity contribution in [3.63, 3.8) is 0 Å². The first-order valence-electron chi connectivity index (χ1n) is 16.1. The average Bonchev–Trinajstić information content (AvgIpc) is 3.73. The molecule has 0 unspecified atom stereocenters. The molecule has 3 aromatic carbocycles. The molecule has 6 bridgehead atoms. The first-order valence-corrected chi connectivity index (χ1v) is 16.1. The van der Waals surface area contributed by atoms with Gasteiger partial charge in [-0.2, -0.15) is 0 Å². The third-order valence-electron chi connectivity index (χ3n) is 10.1. The number of nitrogens with zero attached hydrogens (tertiary/aromatic N) is 1. The maximum Gasteiger partial charge on any atom is 0.254 e. The lowest BCUT2D eigenvalue weighted by molar-refractivity contribution is -0.326. The van der Waals surface area contributed by atoms with Crippen LogP contribution >= 0.6 is 0 Å². The van der Waals surface area contributed by atoms with Crippen molar-refractivity contribution in [1.82, 2.24) is 4.90 Å². The molecule has 3 aliphatic heterocycles. The number of aromatic hydroxyl groups is 1. The summed E-state index contributed by atoms with van der Waals surface area (Å²) in [7, 11) is 1.45. The van der Waals surface area contributed by atoms with E-state index in [0.29, 0.717) is 27.8 Å². The lowest BCUT2D eigenvalue weighted by atomic mass is 9.86. The fourth-order valence-electron chi connectivity index (χ4n) is 7.49. The van der Waals surface area contributed by atoms with E-state index in [1.54, 1.807) is 18.2 Å². The Kier molecular flexibility index (Phi) is 8.43. The molecule has 1 saturated carbocycles. The van der Waals surface area contributed by atoms with Gasteiger partial charge in [0.25, 0.3) is 5.91 Å². The van der Waals surface area contributed by atoms with Gasteiger partial charge in [0, 0.05) is 24.6 Å². The number of methoxy groups -OCH3 is 1. The summed E-state index contributed by atoms with van der Waals surface area (Å²) < 4.78 is 23.2. The SMILES string of the molecule is COc1cc2c3c(O)c(c(C4CCCC4)cc3c1)C(=O)CN1Cc3c(cccc3C1=O)CC#CO[C@H]1[C@H](O)[C@@H](CO)O[C@@H](O2)[C@@]1(O)CO. The van der Waals surface area contributed by atoms with Gasteiger partial charge in [0.1, 0.15) is 35.6 Å². The molecule has 1 aliphatic carbocycles. The van der Waals surface area contributed by atoms with Crippen LogP contribution in [0.3, 0.4) is 0 Å². The number of ketones is 1. The van der Waals surface area contributed by atoms with Crippen LogP contribution in [-0.2, 0) is 22.4 Å². The molecule has 0 spiro atoms. The second-order valence-electron chi connectivity index (χ2n) is 12.9. The van der Waals surface area contributed by atoms with Crippen LogP contribution in [0.1, 0.15) is 69.0 Å². The monoisotopic (exact) mass is 659 g/mol. The number of carbonyl (C=O) groups excluding carboxylic acids is 2. The van der Waals surface area contributed by atoms with Crippen LogP contribution in [0.15, 0.2) is 36.4 Å². The van der Waals surface area contributed by atoms with Gasteiger partial charge < -0.3 is 49.4 Å². The molecule has 5 N–H and O–H groups in total. The Balaban J connectivity index is 1.45. The molecule has 3 heterocycles. The summed E-state index contributed by atoms with van der Waals surface area (Å²) in [5, 5.41) is 56.0. The number of phenols is 1. The number of benzene rings is 3. The van der Waals surface area contributed by atoms with E-state index < -0.39 is 49.2 Å². The molecular weight excluding hydrogens is 622 g/mol. The summed E-state index contributed by atoms with van der Waals surface area (Å²) in [5.41, 5.74) is 0.211. The third-order valence-corrected chi connectivity index (χ3v) is 10.1. The van der Waals surface area contributed by atoms with Crippen LogP contribution in [0.2, 0.25) is 0 Å². The summed E-state index contributed by atoms with van der Waals surface area (Å²) in [5.74, 6) is 1.98. The molecule has 4 aliphatic rings. The number of hydrogen-bond donors (Lipinski definition) is 5. The van der Waals surface area contributed by atoms with Crippen molar-refractivity contribution < 1.29 is 54.1 Å². The smallest absolute Gasteiger partial charge is 0.254 e. The van der Waals surface area contributed by atoms with E-state index in [1.807, 2.05) is 12.1 Å². The number of carbonyl (C=O) groups is 2. The molecule has 7 rings (SSSR count). The molecule has 1 saturated heterocycles. The second-order valence-corrected chi connectivity index (χ2v) is 12.9. The maximum absolute atomic E-state index is 14.3. The highest BCUT2D eigenvalue weighted by molar-refractivity contribution is 6.11. The Morgan fingerprint density at radius 1 is 1.10 bits per heavy atom. The maximum atomic E-state index is 14.3. The fourth-order valence-corrected chi connectivity index (χ4v) is 7.49. The lowest BCUT2D eigenvalue weighted by Gasteiger charge is -2.47. The van der Waals surface area contributed by atoms with Crippen molar-refractivity contribution in [3.8, 4) is 29.3 Å². The van der Waals surface area contributed by atoms with Gasteiger partial charge in [-0.3, -0.25) is 9.59 Å². The summed E-state index contributed by atoms with van der Waals surface area (Å²) in [6.45, 7) is -1.81. The van der Waals surface area contributed by atoms with Gasteiger partial charge in [0.2, 0.25) is 6.29 Å². The summed E-state index contributed by atoms with van der Waals surface area (Å²) >= 11 is 0. The van der Waals surface area contributed by atoms with E-state index in [4.69, 9.17) is 18.9 Å². The minimum absolute atomic E-state index is 0.00445. The molecule has 12 heteroatoms. The van der Waals surface area contributed by atoms with E-state index in [9.17, 15) is 35.1 Å². The topological polar surface area (TPSA) is 175 Å². The Morgan fingerprint density at radius 3 is 2.62 bits per heavy atom. The van der Waals surface area contributed by atoms with E-state index in [-0.39, 0.29) is 53.8 Å². The predicted molar refractivity (Wildman–Crippen MR) is 170 cm³/mol. The average molecular weight is 660 g/mol. The number of rotatable bonds is 4. The zero-order chi connectivity index (χ0) is 33.7. The minimum Gasteiger partial charge on any atom is -0.506 e. The van der Waals surface area contributed by atoms with Crippen LogP contribution < -0.4 is 9.47 Å². The fraction of sp³-hybridized carbons (Fsp3) is 0.444. The van der Waals surface area contributed by atoms with Crippen molar-refractivity contribution in [3.05, 3.63) is 64.2 Å². The first kappa shape index (κ1) is 32.2. The van der Waals surface area contributed by atoms with Gasteiger partial charge in [-0.1, -0.05) is 30.9 Å². The Labute approximate surface area is 276 Å². The first-order chi connectivity index (χ1) is 23.2. The molecule has 3 aromatic rings. The Hall–Kier alpha value is -4.38. The van der Waals surface area contributed by atoms with Crippen molar-refractivity contribution in [2.24, 2.45) is 0 Å². The van der Waals surface area contributed by atoms with Gasteiger partial charge in [0.05, 0.1) is 37.8 Å². The number of hydrogen-bond acceptors (Lipinski definition) is 11. The number of amides is 1. The molecule has 2 fully saturated rings. The third kappa shape index (κ3) is 5.23. The van der Waals surface area contributed by atoms with Crippen LogP contribution in [-0.4, -0.2) is 99.2 Å². The highest BCUT2D eigenvalue weighted by atomic mass is 16.7. The van der Waals surface area contributed by atoms with Crippen molar-refractivity contribution in [1.29, 1.82) is 0 Å². The normalized spacial score (nSPS) is 27.2. The van der Waals surface area contributed by atoms with Crippen LogP contribution in [0.5, 0.6) is 17.2 Å². The molecule has 252 valence electrons. The Bertz CT molecular complexity index is 1840. The zero-order valence-electron chi connectivity index (χ0n) is 26.3. The highest BCUT2D eigenvalue weighted by Crippen LogP contribution is 2.47. The number of Topliss-reactive ketones (excluding diaryl/α,β-unsaturated/α-hetero) is 1. The lowest BCUT2D eigenvalue weighted by Crippen LogP contribution is -2.70. The molecule has 5 atom stereocenters. The number of ether oxygens (including phenoxy) is 4. The number of aliphatic hydroxyl groups excluding tert-OH is 3. The van der Waals surface area contributed by atoms with Crippen molar-refractivity contribution in [2.45, 2.75) is 74.8 Å². The van der Waals surface area contributed by atoms with Crippen LogP contribution in [0.25, 0.3) is 10.8 Å². The Morgan fingerprint density at radius 2 is 1.90 bits per heavy atom.